The number of hydrogen-bond donors (Lipinski definition) is 2. The standard InChI is InChI=1S/C29H30F3N3O3S/c1-18(2)15-26(28(36)35-25-16-19(3)5-6-23(25)17-33)34-27(29(30,31)32)22-9-7-20(8-10-22)21-11-13-24(14-12-21)39(4,37)38/h5-14,16,18,26-27,34H,15H2,1-4H3,(H,35,36)/t26-,27-/m0/s1. The first kappa shape index (κ1) is 29.9. The van der Waals surface area contributed by atoms with Crippen LogP contribution in [0.1, 0.15) is 43.0 Å². The molecule has 0 heterocycles. The Morgan fingerprint density at radius 1 is 0.974 bits per heavy atom. The van der Waals surface area contributed by atoms with Crippen LogP contribution in [0.5, 0.6) is 0 Å². The fraction of sp³-hybridized carbons (Fsp3) is 0.310. The van der Waals surface area contributed by atoms with Crippen molar-refractivity contribution in [3.05, 3.63) is 83.4 Å². The summed E-state index contributed by atoms with van der Waals surface area (Å²) in [6, 6.07) is 15.3. The highest BCUT2D eigenvalue weighted by molar-refractivity contribution is 7.90. The summed E-state index contributed by atoms with van der Waals surface area (Å²) in [4.78, 5) is 13.3. The summed E-state index contributed by atoms with van der Waals surface area (Å²) in [7, 11) is -3.37. The number of nitriles is 1. The number of anilines is 1. The van der Waals surface area contributed by atoms with Gasteiger partial charge in [-0.15, -0.1) is 0 Å². The zero-order valence-corrected chi connectivity index (χ0v) is 22.8. The monoisotopic (exact) mass is 557 g/mol. The van der Waals surface area contributed by atoms with Crippen molar-refractivity contribution < 1.29 is 26.4 Å². The summed E-state index contributed by atoms with van der Waals surface area (Å²) in [5.41, 5.74) is 2.43. The Morgan fingerprint density at radius 3 is 2.03 bits per heavy atom. The fourth-order valence-corrected chi connectivity index (χ4v) is 4.77. The van der Waals surface area contributed by atoms with E-state index in [4.69, 9.17) is 0 Å². The van der Waals surface area contributed by atoms with Crippen molar-refractivity contribution in [3.63, 3.8) is 0 Å². The van der Waals surface area contributed by atoms with Crippen molar-refractivity contribution in [1.29, 1.82) is 5.26 Å². The van der Waals surface area contributed by atoms with Gasteiger partial charge in [0.05, 0.1) is 22.2 Å². The number of nitrogens with one attached hydrogen (secondary N) is 2. The number of sulfone groups is 1. The molecule has 0 saturated carbocycles. The third kappa shape index (κ3) is 7.91. The predicted molar refractivity (Wildman–Crippen MR) is 145 cm³/mol. The fourth-order valence-electron chi connectivity index (χ4n) is 4.14. The Bertz CT molecular complexity index is 1460. The number of rotatable bonds is 9. The van der Waals surface area contributed by atoms with Gasteiger partial charge >= 0.3 is 6.18 Å². The van der Waals surface area contributed by atoms with E-state index < -0.39 is 34.0 Å². The molecule has 0 saturated heterocycles. The van der Waals surface area contributed by atoms with Crippen molar-refractivity contribution in [2.24, 2.45) is 5.92 Å². The Hall–Kier alpha value is -3.68. The van der Waals surface area contributed by atoms with Gasteiger partial charge in [-0.2, -0.15) is 18.4 Å². The molecule has 3 aromatic carbocycles. The second-order valence-electron chi connectivity index (χ2n) is 9.89. The van der Waals surface area contributed by atoms with Crippen LogP contribution in [0.25, 0.3) is 11.1 Å². The summed E-state index contributed by atoms with van der Waals surface area (Å²) < 4.78 is 66.1. The number of nitrogens with zero attached hydrogens (tertiary/aromatic N) is 1. The number of aryl methyl sites for hydroxylation is 1. The van der Waals surface area contributed by atoms with Gasteiger partial charge in [-0.25, -0.2) is 8.42 Å². The van der Waals surface area contributed by atoms with Gasteiger partial charge in [0, 0.05) is 6.26 Å². The van der Waals surface area contributed by atoms with E-state index in [-0.39, 0.29) is 34.0 Å². The zero-order valence-electron chi connectivity index (χ0n) is 22.0. The smallest absolute Gasteiger partial charge is 0.324 e. The third-order valence-corrected chi connectivity index (χ3v) is 7.26. The minimum absolute atomic E-state index is 0.0752. The van der Waals surface area contributed by atoms with Gasteiger partial charge in [-0.3, -0.25) is 10.1 Å². The predicted octanol–water partition coefficient (Wildman–Crippen LogP) is 6.18. The van der Waals surface area contributed by atoms with Crippen molar-refractivity contribution in [2.75, 3.05) is 11.6 Å². The maximum absolute atomic E-state index is 14.3. The molecule has 0 spiro atoms. The molecule has 3 aromatic rings. The largest absolute Gasteiger partial charge is 0.407 e. The quantitative estimate of drug-likeness (QED) is 0.327. The molecule has 206 valence electrons. The van der Waals surface area contributed by atoms with E-state index in [0.29, 0.717) is 11.1 Å². The molecule has 1 amide bonds. The second-order valence-corrected chi connectivity index (χ2v) is 11.9. The van der Waals surface area contributed by atoms with Crippen molar-refractivity contribution in [1.82, 2.24) is 5.32 Å². The number of benzene rings is 3. The molecular formula is C29H30F3N3O3S. The lowest BCUT2D eigenvalue weighted by Crippen LogP contribution is -2.47. The topological polar surface area (TPSA) is 99.1 Å². The second kappa shape index (κ2) is 12.0. The van der Waals surface area contributed by atoms with Crippen LogP contribution in [0, 0.1) is 24.2 Å². The van der Waals surface area contributed by atoms with Crippen LogP contribution in [0.2, 0.25) is 0 Å². The molecule has 0 fully saturated rings. The maximum atomic E-state index is 14.3. The lowest BCUT2D eigenvalue weighted by Gasteiger charge is -2.28. The molecule has 0 unspecified atom stereocenters. The molecule has 0 aliphatic rings. The zero-order chi connectivity index (χ0) is 29.0. The molecule has 10 heteroatoms. The van der Waals surface area contributed by atoms with E-state index in [1.54, 1.807) is 37.3 Å². The van der Waals surface area contributed by atoms with Crippen LogP contribution in [0.4, 0.5) is 18.9 Å². The molecule has 0 bridgehead atoms. The molecule has 2 N–H and O–H groups in total. The van der Waals surface area contributed by atoms with Gasteiger partial charge in [-0.05, 0) is 65.8 Å². The minimum Gasteiger partial charge on any atom is -0.324 e. The lowest BCUT2D eigenvalue weighted by molar-refractivity contribution is -0.160. The van der Waals surface area contributed by atoms with Crippen molar-refractivity contribution in [2.45, 2.75) is 50.3 Å². The van der Waals surface area contributed by atoms with E-state index in [1.165, 1.54) is 36.4 Å². The van der Waals surface area contributed by atoms with Crippen molar-refractivity contribution >= 4 is 21.4 Å². The molecule has 0 aliphatic carbocycles. The van der Waals surface area contributed by atoms with Crippen LogP contribution in [-0.2, 0) is 14.6 Å². The van der Waals surface area contributed by atoms with Crippen LogP contribution < -0.4 is 10.6 Å². The molecule has 2 atom stereocenters. The molecular weight excluding hydrogens is 527 g/mol. The van der Waals surface area contributed by atoms with Crippen LogP contribution in [0.3, 0.4) is 0 Å². The molecule has 6 nitrogen and oxygen atoms in total. The number of carbonyl (C=O) groups is 1. The van der Waals surface area contributed by atoms with Gasteiger partial charge < -0.3 is 5.32 Å². The number of alkyl halides is 3. The highest BCUT2D eigenvalue weighted by Crippen LogP contribution is 2.35. The number of amides is 1. The maximum Gasteiger partial charge on any atom is 0.407 e. The van der Waals surface area contributed by atoms with Crippen LogP contribution >= 0.6 is 0 Å². The highest BCUT2D eigenvalue weighted by atomic mass is 32.2. The van der Waals surface area contributed by atoms with Crippen molar-refractivity contribution in [3.8, 4) is 17.2 Å². The number of halogens is 3. The highest BCUT2D eigenvalue weighted by Gasteiger charge is 2.43. The van der Waals surface area contributed by atoms with E-state index in [1.807, 2.05) is 19.9 Å². The summed E-state index contributed by atoms with van der Waals surface area (Å²) in [5.74, 6) is -0.755. The van der Waals surface area contributed by atoms with Crippen LogP contribution in [0.15, 0.2) is 71.6 Å². The van der Waals surface area contributed by atoms with E-state index in [9.17, 15) is 31.6 Å². The Morgan fingerprint density at radius 2 is 1.54 bits per heavy atom. The third-order valence-electron chi connectivity index (χ3n) is 6.13. The molecule has 3 rings (SSSR count). The van der Waals surface area contributed by atoms with Gasteiger partial charge in [-0.1, -0.05) is 56.3 Å². The number of carbonyl (C=O) groups excluding carboxylic acids is 1. The Kier molecular flexibility index (Phi) is 9.20. The summed E-state index contributed by atoms with van der Waals surface area (Å²) in [6.07, 6.45) is -3.47. The SMILES string of the molecule is Cc1ccc(C#N)c(NC(=O)[C@H](CC(C)C)N[C@@H](c2ccc(-c3ccc(S(C)(=O)=O)cc3)cc2)C(F)(F)F)c1. The van der Waals surface area contributed by atoms with Gasteiger partial charge in [0.15, 0.2) is 9.84 Å². The van der Waals surface area contributed by atoms with E-state index >= 15 is 0 Å². The summed E-state index contributed by atoms with van der Waals surface area (Å²) >= 11 is 0. The molecule has 0 radical (unpaired) electrons. The average Bonchev–Trinajstić information content (AvgIpc) is 2.85. The first-order valence-electron chi connectivity index (χ1n) is 12.2. The average molecular weight is 558 g/mol. The summed E-state index contributed by atoms with van der Waals surface area (Å²) in [6.45, 7) is 5.40. The van der Waals surface area contributed by atoms with Gasteiger partial charge in [0.1, 0.15) is 12.1 Å². The van der Waals surface area contributed by atoms with E-state index in [2.05, 4.69) is 10.6 Å². The first-order valence-corrected chi connectivity index (χ1v) is 14.1. The molecule has 39 heavy (non-hydrogen) atoms. The Balaban J connectivity index is 1.88. The molecule has 0 aliphatic heterocycles. The van der Waals surface area contributed by atoms with Gasteiger partial charge in [0.25, 0.3) is 0 Å². The number of hydrogen-bond acceptors (Lipinski definition) is 5. The molecule has 0 aromatic heterocycles. The van der Waals surface area contributed by atoms with E-state index in [0.717, 1.165) is 11.8 Å². The normalized spacial score (nSPS) is 13.5. The van der Waals surface area contributed by atoms with Crippen LogP contribution in [-0.4, -0.2) is 32.8 Å². The summed E-state index contributed by atoms with van der Waals surface area (Å²) in [5, 5.41) is 14.5. The Labute approximate surface area is 226 Å². The minimum atomic E-state index is -4.70. The van der Waals surface area contributed by atoms with Gasteiger partial charge in [0.2, 0.25) is 5.91 Å². The lowest BCUT2D eigenvalue weighted by atomic mass is 9.97. The first-order chi connectivity index (χ1) is 18.2.